The summed E-state index contributed by atoms with van der Waals surface area (Å²) >= 11 is 4.45. The van der Waals surface area contributed by atoms with Crippen molar-refractivity contribution in [2.45, 2.75) is 11.8 Å². The van der Waals surface area contributed by atoms with Gasteiger partial charge < -0.3 is 4.55 Å². The summed E-state index contributed by atoms with van der Waals surface area (Å²) in [7, 11) is 1.74. The second kappa shape index (κ2) is 5.38. The number of hydrogen-bond donors (Lipinski definition) is 0. The first-order valence-electron chi connectivity index (χ1n) is 4.42. The van der Waals surface area contributed by atoms with Gasteiger partial charge in [-0.05, 0) is 25.1 Å². The lowest BCUT2D eigenvalue weighted by Crippen LogP contribution is -2.27. The molecule has 1 rings (SSSR count). The Labute approximate surface area is 97.6 Å². The van der Waals surface area contributed by atoms with Crippen LogP contribution in [-0.4, -0.2) is 22.5 Å². The predicted molar refractivity (Wildman–Crippen MR) is 60.9 cm³/mol. The van der Waals surface area contributed by atoms with Crippen LogP contribution in [0.5, 0.6) is 0 Å². The molecule has 0 radical (unpaired) electrons. The van der Waals surface area contributed by atoms with Crippen molar-refractivity contribution < 1.29 is 4.55 Å². The highest BCUT2D eigenvalue weighted by molar-refractivity contribution is 7.89. The molecule has 3 nitrogen and oxygen atoms in total. The molecule has 0 aliphatic heterocycles. The average Bonchev–Trinajstić information content (AvgIpc) is 2.26. The van der Waals surface area contributed by atoms with Gasteiger partial charge in [-0.2, -0.15) is 5.26 Å². The maximum atomic E-state index is 11.9. The van der Waals surface area contributed by atoms with Gasteiger partial charge in [0, 0.05) is 18.6 Å². The summed E-state index contributed by atoms with van der Waals surface area (Å²) in [6.07, 6.45) is 0. The molecule has 1 unspecified atom stereocenters. The van der Waals surface area contributed by atoms with E-state index in [1.54, 1.807) is 23.5 Å². The smallest absolute Gasteiger partial charge is 0.191 e. The third-order valence-electron chi connectivity index (χ3n) is 1.98. The molecule has 0 N–H and O–H groups in total. The van der Waals surface area contributed by atoms with Crippen LogP contribution >= 0.6 is 11.6 Å². The molecule has 1 atom stereocenters. The van der Waals surface area contributed by atoms with E-state index in [1.165, 1.54) is 6.07 Å². The molecule has 0 amide bonds. The second-order valence-corrected chi connectivity index (χ2v) is 4.94. The third-order valence-corrected chi connectivity index (χ3v) is 3.77. The Bertz CT molecular complexity index is 391. The Hall–Kier alpha value is -0.730. The predicted octanol–water partition coefficient (Wildman–Crippen LogP) is 2.19. The number of nitriles is 1. The Morgan fingerprint density at radius 1 is 1.60 bits per heavy atom. The second-order valence-electron chi connectivity index (χ2n) is 2.95. The molecule has 5 heteroatoms. The van der Waals surface area contributed by atoms with Gasteiger partial charge in [-0.1, -0.05) is 11.6 Å². The van der Waals surface area contributed by atoms with E-state index in [2.05, 4.69) is 0 Å². The van der Waals surface area contributed by atoms with Gasteiger partial charge in [-0.3, -0.25) is 0 Å². The van der Waals surface area contributed by atoms with Crippen LogP contribution in [0.4, 0.5) is 0 Å². The fourth-order valence-corrected chi connectivity index (χ4v) is 2.25. The third kappa shape index (κ3) is 2.86. The van der Waals surface area contributed by atoms with Gasteiger partial charge in [0.2, 0.25) is 0 Å². The van der Waals surface area contributed by atoms with Crippen molar-refractivity contribution in [3.63, 3.8) is 0 Å². The fraction of sp³-hybridized carbons (Fsp3) is 0.300. The zero-order chi connectivity index (χ0) is 11.4. The monoisotopic (exact) mass is 242 g/mol. The van der Waals surface area contributed by atoms with Gasteiger partial charge in [0.1, 0.15) is 11.6 Å². The average molecular weight is 243 g/mol. The molecule has 0 saturated carbocycles. The van der Waals surface area contributed by atoms with Gasteiger partial charge in [0.25, 0.3) is 0 Å². The molecule has 0 heterocycles. The standard InChI is InChI=1S/C10H11ClN2OS/c1-3-13(2)15(14)10-5-4-9(11)6-8(10)7-12/h4-6H,3H2,1-2H3. The van der Waals surface area contributed by atoms with Crippen LogP contribution < -0.4 is 0 Å². The van der Waals surface area contributed by atoms with E-state index in [0.29, 0.717) is 22.0 Å². The highest BCUT2D eigenvalue weighted by Crippen LogP contribution is 2.22. The molecule has 0 aliphatic rings. The van der Waals surface area contributed by atoms with Crippen LogP contribution in [0, 0.1) is 11.3 Å². The van der Waals surface area contributed by atoms with Crippen molar-refractivity contribution in [1.29, 1.82) is 5.26 Å². The van der Waals surface area contributed by atoms with Gasteiger partial charge in [-0.15, -0.1) is 4.31 Å². The maximum absolute atomic E-state index is 11.9. The number of rotatable bonds is 3. The lowest BCUT2D eigenvalue weighted by molar-refractivity contribution is 0.485. The van der Waals surface area contributed by atoms with Crippen molar-refractivity contribution in [2.24, 2.45) is 0 Å². The van der Waals surface area contributed by atoms with Crippen LogP contribution in [0.25, 0.3) is 0 Å². The molecule has 0 aliphatic carbocycles. The minimum absolute atomic E-state index is 0.362. The number of nitrogens with zero attached hydrogens (tertiary/aromatic N) is 2. The fourth-order valence-electron chi connectivity index (χ4n) is 1.03. The normalized spacial score (nSPS) is 12.5. The molecule has 0 fully saturated rings. The summed E-state index contributed by atoms with van der Waals surface area (Å²) in [5, 5.41) is 9.36. The first kappa shape index (κ1) is 12.3. The summed E-state index contributed by atoms with van der Waals surface area (Å²) in [5.74, 6) is 0. The van der Waals surface area contributed by atoms with Gasteiger partial charge >= 0.3 is 0 Å². The van der Waals surface area contributed by atoms with E-state index in [0.717, 1.165) is 0 Å². The molecule has 80 valence electrons. The van der Waals surface area contributed by atoms with Crippen molar-refractivity contribution in [3.8, 4) is 6.07 Å². The lowest BCUT2D eigenvalue weighted by Gasteiger charge is -2.18. The zero-order valence-corrected chi connectivity index (χ0v) is 10.1. The quantitative estimate of drug-likeness (QED) is 0.764. The minimum atomic E-state index is -1.30. The molecule has 1 aromatic carbocycles. The largest absolute Gasteiger partial charge is 0.593 e. The summed E-state index contributed by atoms with van der Waals surface area (Å²) in [5.41, 5.74) is 0.362. The summed E-state index contributed by atoms with van der Waals surface area (Å²) in [4.78, 5) is 0.506. The van der Waals surface area contributed by atoms with Gasteiger partial charge in [-0.25, -0.2) is 0 Å². The molecular weight excluding hydrogens is 232 g/mol. The molecule has 0 bridgehead atoms. The summed E-state index contributed by atoms with van der Waals surface area (Å²) in [6, 6.07) is 6.78. The van der Waals surface area contributed by atoms with E-state index in [-0.39, 0.29) is 0 Å². The lowest BCUT2D eigenvalue weighted by atomic mass is 10.2. The van der Waals surface area contributed by atoms with Crippen LogP contribution in [0.2, 0.25) is 5.02 Å². The zero-order valence-electron chi connectivity index (χ0n) is 8.53. The van der Waals surface area contributed by atoms with E-state index in [4.69, 9.17) is 16.9 Å². The summed E-state index contributed by atoms with van der Waals surface area (Å²) < 4.78 is 13.6. The highest BCUT2D eigenvalue weighted by Gasteiger charge is 2.20. The molecule has 15 heavy (non-hydrogen) atoms. The Morgan fingerprint density at radius 3 is 2.80 bits per heavy atom. The minimum Gasteiger partial charge on any atom is -0.593 e. The molecule has 0 aromatic heterocycles. The number of halogens is 1. The first-order chi connectivity index (χ1) is 7.10. The number of benzene rings is 1. The van der Waals surface area contributed by atoms with E-state index < -0.39 is 11.4 Å². The Morgan fingerprint density at radius 2 is 2.27 bits per heavy atom. The Balaban J connectivity index is 3.09. The Kier molecular flexibility index (Phi) is 4.43. The van der Waals surface area contributed by atoms with E-state index in [9.17, 15) is 4.55 Å². The molecule has 1 aromatic rings. The van der Waals surface area contributed by atoms with Crippen LogP contribution in [0.15, 0.2) is 23.1 Å². The highest BCUT2D eigenvalue weighted by atomic mass is 35.5. The molecular formula is C10H11ClN2OS. The van der Waals surface area contributed by atoms with Crippen molar-refractivity contribution in [1.82, 2.24) is 4.31 Å². The maximum Gasteiger partial charge on any atom is 0.191 e. The summed E-state index contributed by atoms with van der Waals surface area (Å²) in [6.45, 7) is 2.56. The number of hydrogen-bond acceptors (Lipinski definition) is 3. The van der Waals surface area contributed by atoms with Crippen LogP contribution in [0.3, 0.4) is 0 Å². The molecule has 0 spiro atoms. The topological polar surface area (TPSA) is 50.1 Å². The van der Waals surface area contributed by atoms with Crippen molar-refractivity contribution in [2.75, 3.05) is 13.6 Å². The first-order valence-corrected chi connectivity index (χ1v) is 5.91. The van der Waals surface area contributed by atoms with Crippen LogP contribution in [0.1, 0.15) is 12.5 Å². The SMILES string of the molecule is CCN(C)[S+]([O-])c1ccc(Cl)cc1C#N. The molecule has 0 saturated heterocycles. The van der Waals surface area contributed by atoms with E-state index >= 15 is 0 Å². The van der Waals surface area contributed by atoms with Gasteiger partial charge in [0.05, 0.1) is 11.4 Å². The van der Waals surface area contributed by atoms with Crippen molar-refractivity contribution >= 4 is 23.0 Å². The van der Waals surface area contributed by atoms with E-state index in [1.807, 2.05) is 13.0 Å². The van der Waals surface area contributed by atoms with Crippen molar-refractivity contribution in [3.05, 3.63) is 28.8 Å². The van der Waals surface area contributed by atoms with Crippen LogP contribution in [-0.2, 0) is 11.4 Å². The van der Waals surface area contributed by atoms with Gasteiger partial charge in [0.15, 0.2) is 4.90 Å².